The Labute approximate surface area is 73.0 Å². The van der Waals surface area contributed by atoms with Crippen LogP contribution in [0.5, 0.6) is 0 Å². The van der Waals surface area contributed by atoms with Crippen LogP contribution in [-0.2, 0) is 14.1 Å². The van der Waals surface area contributed by atoms with E-state index in [-0.39, 0.29) is 5.44 Å². The highest BCUT2D eigenvalue weighted by Gasteiger charge is 2.23. The topological polar surface area (TPSA) is 83.8 Å². The minimum absolute atomic E-state index is 0.371. The molecule has 1 unspecified atom stereocenters. The largest absolute Gasteiger partial charge is 0.446 e. The van der Waals surface area contributed by atoms with Gasteiger partial charge in [0.2, 0.25) is 0 Å². The van der Waals surface area contributed by atoms with E-state index in [1.807, 2.05) is 0 Å². The zero-order valence-corrected chi connectivity index (χ0v) is 7.62. The molecule has 1 atom stereocenters. The zero-order valence-electron chi connectivity index (χ0n) is 5.91. The van der Waals surface area contributed by atoms with Gasteiger partial charge >= 0.3 is 13.6 Å². The maximum Gasteiger partial charge on any atom is 0.336 e. The molecule has 12 heavy (non-hydrogen) atoms. The molecule has 2 N–H and O–H groups in total. The molecule has 1 heterocycles. The minimum atomic E-state index is -4.27. The Morgan fingerprint density at radius 2 is 2.25 bits per heavy atom. The summed E-state index contributed by atoms with van der Waals surface area (Å²) in [7, 11) is -4.27. The van der Waals surface area contributed by atoms with Gasteiger partial charge in [-0.05, 0) is 11.5 Å². The highest BCUT2D eigenvalue weighted by Crippen LogP contribution is 2.35. The van der Waals surface area contributed by atoms with Crippen LogP contribution < -0.4 is 0 Å². The van der Waals surface area contributed by atoms with E-state index in [1.165, 1.54) is 11.8 Å². The summed E-state index contributed by atoms with van der Waals surface area (Å²) < 4.78 is 14.9. The molecule has 68 valence electrons. The molecule has 0 amide bonds. The Hall–Kier alpha value is -0.290. The van der Waals surface area contributed by atoms with E-state index >= 15 is 0 Å². The highest BCUT2D eigenvalue weighted by molar-refractivity contribution is 8.04. The second-order valence-electron chi connectivity index (χ2n) is 2.15. The third-order valence-corrected chi connectivity index (χ3v) is 2.54. The summed E-state index contributed by atoms with van der Waals surface area (Å²) in [6.07, 6.45) is 0.778. The van der Waals surface area contributed by atoms with Crippen molar-refractivity contribution in [3.05, 3.63) is 11.5 Å². The van der Waals surface area contributed by atoms with E-state index in [0.717, 1.165) is 0 Å². The molecule has 0 saturated heterocycles. The van der Waals surface area contributed by atoms with Crippen molar-refractivity contribution in [3.8, 4) is 0 Å². The van der Waals surface area contributed by atoms with E-state index in [0.29, 0.717) is 0 Å². The van der Waals surface area contributed by atoms with Crippen molar-refractivity contribution in [2.75, 3.05) is 6.16 Å². The van der Waals surface area contributed by atoms with E-state index in [1.54, 1.807) is 11.5 Å². The first kappa shape index (κ1) is 9.80. The van der Waals surface area contributed by atoms with Crippen molar-refractivity contribution in [2.24, 2.45) is 0 Å². The monoisotopic (exact) mass is 210 g/mol. The van der Waals surface area contributed by atoms with Crippen molar-refractivity contribution in [3.63, 3.8) is 0 Å². The maximum absolute atomic E-state index is 10.7. The van der Waals surface area contributed by atoms with Crippen LogP contribution in [0, 0.1) is 0 Å². The fourth-order valence-electron chi connectivity index (χ4n) is 0.545. The second kappa shape index (κ2) is 3.62. The molecule has 0 fully saturated rings. The number of rotatable bonds is 3. The molecule has 0 aliphatic carbocycles. The molecule has 0 radical (unpaired) electrons. The van der Waals surface area contributed by atoms with Gasteiger partial charge in [0.15, 0.2) is 5.44 Å². The molecule has 0 aromatic carbocycles. The normalized spacial score (nSPS) is 21.7. The zero-order chi connectivity index (χ0) is 9.19. The third-order valence-electron chi connectivity index (χ3n) is 1.03. The van der Waals surface area contributed by atoms with Crippen molar-refractivity contribution >= 4 is 25.3 Å². The quantitative estimate of drug-likeness (QED) is 0.514. The van der Waals surface area contributed by atoms with Crippen LogP contribution >= 0.6 is 19.4 Å². The molecule has 7 heteroatoms. The van der Waals surface area contributed by atoms with Crippen LogP contribution in [0.25, 0.3) is 0 Å². The minimum Gasteiger partial charge on any atom is -0.446 e. The average molecular weight is 210 g/mol. The summed E-state index contributed by atoms with van der Waals surface area (Å²) in [6, 6.07) is 0. The number of thioether (sulfide) groups is 1. The van der Waals surface area contributed by atoms with E-state index in [9.17, 15) is 9.36 Å². The third kappa shape index (κ3) is 3.40. The molecule has 1 aliphatic rings. The van der Waals surface area contributed by atoms with Crippen LogP contribution in [0.4, 0.5) is 0 Å². The Balaban J connectivity index is 2.29. The number of hydrogen-bond donors (Lipinski definition) is 2. The molecule has 0 aromatic rings. The summed E-state index contributed by atoms with van der Waals surface area (Å²) >= 11 is 1.28. The van der Waals surface area contributed by atoms with E-state index in [4.69, 9.17) is 9.79 Å². The summed E-state index contributed by atoms with van der Waals surface area (Å²) in [6.45, 7) is 0. The number of carbonyl (C=O) groups excluding carboxylic acids is 1. The van der Waals surface area contributed by atoms with Crippen LogP contribution in [0.15, 0.2) is 11.5 Å². The second-order valence-corrected chi connectivity index (χ2v) is 4.80. The molecule has 0 bridgehead atoms. The van der Waals surface area contributed by atoms with Crippen LogP contribution in [0.3, 0.4) is 0 Å². The Bertz CT molecular complexity index is 257. The Kier molecular flexibility index (Phi) is 2.95. The summed E-state index contributed by atoms with van der Waals surface area (Å²) in [5, 5.41) is 1.73. The number of carbonyl (C=O) groups is 1. The predicted octanol–water partition coefficient (Wildman–Crippen LogP) is 0.294. The lowest BCUT2D eigenvalue weighted by Crippen LogP contribution is -2.18. The van der Waals surface area contributed by atoms with Crippen molar-refractivity contribution in [1.82, 2.24) is 0 Å². The van der Waals surface area contributed by atoms with Crippen molar-refractivity contribution < 1.29 is 23.9 Å². The van der Waals surface area contributed by atoms with Gasteiger partial charge in [0.05, 0.1) is 0 Å². The summed E-state index contributed by atoms with van der Waals surface area (Å²) in [5.41, 5.74) is -0.371. The first-order valence-corrected chi connectivity index (χ1v) is 5.77. The first-order chi connectivity index (χ1) is 5.47. The lowest BCUT2D eigenvalue weighted by molar-refractivity contribution is -0.140. The van der Waals surface area contributed by atoms with Gasteiger partial charge in [0, 0.05) is 0 Å². The maximum atomic E-state index is 10.7. The molecule has 0 aromatic heterocycles. The van der Waals surface area contributed by atoms with Crippen molar-refractivity contribution in [2.45, 2.75) is 5.44 Å². The summed E-state index contributed by atoms with van der Waals surface area (Å²) in [4.78, 5) is 27.5. The van der Waals surface area contributed by atoms with Gasteiger partial charge < -0.3 is 14.5 Å². The molecule has 0 saturated carbocycles. The Morgan fingerprint density at radius 3 is 2.58 bits per heavy atom. The van der Waals surface area contributed by atoms with Gasteiger partial charge in [-0.2, -0.15) is 0 Å². The lowest BCUT2D eigenvalue weighted by Gasteiger charge is -2.17. The van der Waals surface area contributed by atoms with Gasteiger partial charge in [0.25, 0.3) is 0 Å². The molecule has 1 rings (SSSR count). The Morgan fingerprint density at radius 1 is 1.67 bits per heavy atom. The SMILES string of the molecule is O=C(CP(=O)(O)O)OC1C=CS1. The standard InChI is InChI=1S/C5H7O5PS/c6-4(3-11(7,8)9)10-5-1-2-12-5/h1-2,5H,3H2,(H2,7,8,9). The number of esters is 1. The molecule has 1 aliphatic heterocycles. The van der Waals surface area contributed by atoms with Crippen LogP contribution in [-0.4, -0.2) is 27.4 Å². The first-order valence-electron chi connectivity index (χ1n) is 3.03. The molecular formula is C5H7O5PS. The summed E-state index contributed by atoms with van der Waals surface area (Å²) in [5.74, 6) is -0.870. The smallest absolute Gasteiger partial charge is 0.336 e. The predicted molar refractivity (Wildman–Crippen MR) is 43.5 cm³/mol. The van der Waals surface area contributed by atoms with E-state index in [2.05, 4.69) is 4.74 Å². The lowest BCUT2D eigenvalue weighted by atomic mass is 10.6. The van der Waals surface area contributed by atoms with E-state index < -0.39 is 19.7 Å². The number of ether oxygens (including phenoxy) is 1. The van der Waals surface area contributed by atoms with Gasteiger partial charge in [-0.1, -0.05) is 11.8 Å². The van der Waals surface area contributed by atoms with Gasteiger partial charge in [-0.25, -0.2) is 0 Å². The molecule has 0 spiro atoms. The number of hydrogen-bond acceptors (Lipinski definition) is 4. The van der Waals surface area contributed by atoms with Gasteiger partial charge in [-0.3, -0.25) is 9.36 Å². The van der Waals surface area contributed by atoms with Crippen LogP contribution in [0.2, 0.25) is 0 Å². The van der Waals surface area contributed by atoms with Crippen LogP contribution in [0.1, 0.15) is 0 Å². The average Bonchev–Trinajstić information content (AvgIpc) is 1.74. The molecule has 5 nitrogen and oxygen atoms in total. The van der Waals surface area contributed by atoms with Gasteiger partial charge in [-0.15, -0.1) is 0 Å². The van der Waals surface area contributed by atoms with Crippen molar-refractivity contribution in [1.29, 1.82) is 0 Å². The fraction of sp³-hybridized carbons (Fsp3) is 0.400. The molecular weight excluding hydrogens is 203 g/mol. The highest BCUT2D eigenvalue weighted by atomic mass is 32.2. The fourth-order valence-corrected chi connectivity index (χ4v) is 1.40. The van der Waals surface area contributed by atoms with Gasteiger partial charge in [0.1, 0.15) is 6.16 Å².